The minimum Gasteiger partial charge on any atom is -0.494 e. The third kappa shape index (κ3) is 4.91. The van der Waals surface area contributed by atoms with E-state index >= 15 is 0 Å². The van der Waals surface area contributed by atoms with Gasteiger partial charge in [-0.2, -0.15) is 5.10 Å². The average molecular weight is 503 g/mol. The standard InChI is InChI=1S/C21H23FN8O4S/c1-12-8-15(26-25-12)20-27-28-21(30(20)19-16(33-3)6-5-7-17(19)34-4)29-35(31,32)13(2)9-18-23-10-14(22)11-24-18/h5-8,10-11,13H,9H2,1-4H3,(H,25,26)(H,28,29)/t13-/m0/s1. The lowest BCUT2D eigenvalue weighted by Crippen LogP contribution is -2.29. The van der Waals surface area contributed by atoms with Crippen LogP contribution >= 0.6 is 0 Å². The van der Waals surface area contributed by atoms with Crippen molar-refractivity contribution in [2.24, 2.45) is 0 Å². The first-order valence-corrected chi connectivity index (χ1v) is 11.9. The van der Waals surface area contributed by atoms with Gasteiger partial charge in [0, 0.05) is 12.1 Å². The summed E-state index contributed by atoms with van der Waals surface area (Å²) in [6.45, 7) is 3.31. The molecule has 0 aliphatic rings. The van der Waals surface area contributed by atoms with Crippen LogP contribution in [-0.2, 0) is 16.4 Å². The summed E-state index contributed by atoms with van der Waals surface area (Å²) in [5, 5.41) is 14.4. The summed E-state index contributed by atoms with van der Waals surface area (Å²) in [5.74, 6) is 0.517. The quantitative estimate of drug-likeness (QED) is 0.351. The van der Waals surface area contributed by atoms with Gasteiger partial charge in [0.25, 0.3) is 0 Å². The van der Waals surface area contributed by atoms with Crippen molar-refractivity contribution in [2.45, 2.75) is 25.5 Å². The lowest BCUT2D eigenvalue weighted by Gasteiger charge is -2.18. The Morgan fingerprint density at radius 1 is 1.14 bits per heavy atom. The third-order valence-corrected chi connectivity index (χ3v) is 6.82. The largest absolute Gasteiger partial charge is 0.494 e. The Kier molecular flexibility index (Phi) is 6.64. The highest BCUT2D eigenvalue weighted by molar-refractivity contribution is 7.93. The molecule has 0 saturated carbocycles. The number of nitrogens with zero attached hydrogens (tertiary/aromatic N) is 6. The van der Waals surface area contributed by atoms with Crippen LogP contribution in [-0.4, -0.2) is 62.8 Å². The van der Waals surface area contributed by atoms with E-state index in [0.29, 0.717) is 22.9 Å². The van der Waals surface area contributed by atoms with Crippen molar-refractivity contribution < 1.29 is 22.3 Å². The number of halogens is 1. The van der Waals surface area contributed by atoms with Gasteiger partial charge in [-0.25, -0.2) is 22.8 Å². The number of ether oxygens (including phenoxy) is 2. The van der Waals surface area contributed by atoms with E-state index in [2.05, 4.69) is 35.1 Å². The minimum absolute atomic E-state index is 0.0485. The van der Waals surface area contributed by atoms with Gasteiger partial charge < -0.3 is 9.47 Å². The molecular formula is C21H23FN8O4S. The Hall–Kier alpha value is -4.07. The van der Waals surface area contributed by atoms with Gasteiger partial charge in [-0.1, -0.05) is 6.07 Å². The van der Waals surface area contributed by atoms with Crippen LogP contribution in [0.4, 0.5) is 10.3 Å². The summed E-state index contributed by atoms with van der Waals surface area (Å²) in [6, 6.07) is 6.88. The molecule has 1 aromatic carbocycles. The van der Waals surface area contributed by atoms with Crippen LogP contribution in [0.3, 0.4) is 0 Å². The number of aromatic amines is 1. The highest BCUT2D eigenvalue weighted by atomic mass is 32.2. The zero-order chi connectivity index (χ0) is 25.2. The molecule has 1 atom stereocenters. The SMILES string of the molecule is COc1cccc(OC)c1-n1c(NS(=O)(=O)[C@@H](C)Cc2ncc(F)cn2)nnc1-c1cc(C)[nH]n1. The number of benzene rings is 1. The van der Waals surface area contributed by atoms with E-state index in [1.807, 2.05) is 6.92 Å². The van der Waals surface area contributed by atoms with Crippen LogP contribution in [0.5, 0.6) is 11.5 Å². The Morgan fingerprint density at radius 3 is 2.37 bits per heavy atom. The van der Waals surface area contributed by atoms with Gasteiger partial charge >= 0.3 is 0 Å². The maximum absolute atomic E-state index is 13.2. The second-order valence-corrected chi connectivity index (χ2v) is 9.71. The van der Waals surface area contributed by atoms with Crippen molar-refractivity contribution >= 4 is 16.0 Å². The number of nitrogens with one attached hydrogen (secondary N) is 2. The smallest absolute Gasteiger partial charge is 0.243 e. The number of rotatable bonds is 9. The van der Waals surface area contributed by atoms with Crippen LogP contribution in [0.1, 0.15) is 18.4 Å². The molecule has 0 fully saturated rings. The van der Waals surface area contributed by atoms with Crippen LogP contribution in [0, 0.1) is 12.7 Å². The second kappa shape index (κ2) is 9.66. The van der Waals surface area contributed by atoms with Gasteiger partial charge in [0.15, 0.2) is 11.6 Å². The third-order valence-electron chi connectivity index (χ3n) is 5.13. The summed E-state index contributed by atoms with van der Waals surface area (Å²) >= 11 is 0. The van der Waals surface area contributed by atoms with Crippen molar-refractivity contribution in [3.8, 4) is 28.7 Å². The fourth-order valence-corrected chi connectivity index (χ4v) is 4.31. The molecule has 35 heavy (non-hydrogen) atoms. The van der Waals surface area contributed by atoms with Crippen LogP contribution in [0.15, 0.2) is 36.7 Å². The summed E-state index contributed by atoms with van der Waals surface area (Å²) in [6.07, 6.45) is 1.92. The molecule has 0 spiro atoms. The van der Waals surface area contributed by atoms with Gasteiger partial charge in [0.1, 0.15) is 28.7 Å². The number of methoxy groups -OCH3 is 2. The van der Waals surface area contributed by atoms with Crippen molar-refractivity contribution in [2.75, 3.05) is 18.9 Å². The zero-order valence-electron chi connectivity index (χ0n) is 19.4. The van der Waals surface area contributed by atoms with Gasteiger partial charge in [-0.15, -0.1) is 10.2 Å². The first-order valence-electron chi connectivity index (χ1n) is 10.4. The molecule has 12 nitrogen and oxygen atoms in total. The van der Waals surface area contributed by atoms with Crippen LogP contribution in [0.2, 0.25) is 0 Å². The van der Waals surface area contributed by atoms with E-state index < -0.39 is 21.1 Å². The number of sulfonamides is 1. The number of hydrogen-bond donors (Lipinski definition) is 2. The highest BCUT2D eigenvalue weighted by Gasteiger charge is 2.29. The van der Waals surface area contributed by atoms with Crippen molar-refractivity contribution in [1.29, 1.82) is 0 Å². The number of hydrogen-bond acceptors (Lipinski definition) is 9. The monoisotopic (exact) mass is 502 g/mol. The number of H-pyrrole nitrogens is 1. The normalized spacial score (nSPS) is 12.4. The molecule has 4 aromatic rings. The van der Waals surface area contributed by atoms with E-state index in [4.69, 9.17) is 9.47 Å². The number of anilines is 1. The topological polar surface area (TPSA) is 150 Å². The predicted octanol–water partition coefficient (Wildman–Crippen LogP) is 2.29. The van der Waals surface area contributed by atoms with Gasteiger partial charge in [-0.3, -0.25) is 14.4 Å². The minimum atomic E-state index is -4.01. The van der Waals surface area contributed by atoms with Gasteiger partial charge in [-0.05, 0) is 32.0 Å². The molecule has 0 unspecified atom stereocenters. The average Bonchev–Trinajstić information content (AvgIpc) is 3.45. The number of para-hydroxylation sites is 1. The number of aryl methyl sites for hydroxylation is 1. The lowest BCUT2D eigenvalue weighted by molar-refractivity contribution is 0.391. The Labute approximate surface area is 200 Å². The fourth-order valence-electron chi connectivity index (χ4n) is 3.35. The van der Waals surface area contributed by atoms with Gasteiger partial charge in [0.2, 0.25) is 16.0 Å². The summed E-state index contributed by atoms with van der Waals surface area (Å²) in [7, 11) is -1.05. The molecule has 0 bridgehead atoms. The van der Waals surface area contributed by atoms with E-state index in [-0.39, 0.29) is 24.0 Å². The molecule has 0 amide bonds. The van der Waals surface area contributed by atoms with E-state index in [0.717, 1.165) is 18.1 Å². The van der Waals surface area contributed by atoms with E-state index in [1.165, 1.54) is 25.7 Å². The first-order chi connectivity index (χ1) is 16.7. The predicted molar refractivity (Wildman–Crippen MR) is 124 cm³/mol. The maximum Gasteiger partial charge on any atom is 0.243 e. The van der Waals surface area contributed by atoms with Gasteiger partial charge in [0.05, 0.1) is 31.9 Å². The molecule has 3 heterocycles. The molecule has 0 saturated heterocycles. The zero-order valence-corrected chi connectivity index (χ0v) is 20.2. The highest BCUT2D eigenvalue weighted by Crippen LogP contribution is 2.37. The maximum atomic E-state index is 13.2. The molecule has 2 N–H and O–H groups in total. The number of aromatic nitrogens is 7. The fraction of sp³-hybridized carbons (Fsp3) is 0.286. The molecule has 0 aliphatic heterocycles. The summed E-state index contributed by atoms with van der Waals surface area (Å²) < 4.78 is 54.5. The molecule has 0 aliphatic carbocycles. The molecular weight excluding hydrogens is 479 g/mol. The first kappa shape index (κ1) is 24.1. The lowest BCUT2D eigenvalue weighted by atomic mass is 10.2. The van der Waals surface area contributed by atoms with Crippen molar-refractivity contribution in [1.82, 2.24) is 34.9 Å². The summed E-state index contributed by atoms with van der Waals surface area (Å²) in [4.78, 5) is 7.68. The Morgan fingerprint density at radius 2 is 1.80 bits per heavy atom. The van der Waals surface area contributed by atoms with E-state index in [9.17, 15) is 12.8 Å². The molecule has 0 radical (unpaired) electrons. The van der Waals surface area contributed by atoms with Crippen LogP contribution in [0.25, 0.3) is 17.2 Å². The molecule has 14 heteroatoms. The molecule has 3 aromatic heterocycles. The Bertz CT molecular complexity index is 1410. The Balaban J connectivity index is 1.79. The molecule has 184 valence electrons. The van der Waals surface area contributed by atoms with E-state index in [1.54, 1.807) is 24.3 Å². The second-order valence-electron chi connectivity index (χ2n) is 7.61. The molecule has 4 rings (SSSR count). The summed E-state index contributed by atoms with van der Waals surface area (Å²) in [5.41, 5.74) is 1.59. The van der Waals surface area contributed by atoms with Crippen molar-refractivity contribution in [3.05, 3.63) is 54.0 Å². The van der Waals surface area contributed by atoms with Crippen molar-refractivity contribution in [3.63, 3.8) is 0 Å². The van der Waals surface area contributed by atoms with Crippen LogP contribution < -0.4 is 14.2 Å².